The highest BCUT2D eigenvalue weighted by atomic mass is 35.5. The Labute approximate surface area is 152 Å². The second kappa shape index (κ2) is 6.45. The maximum Gasteiger partial charge on any atom is 0.198 e. The Morgan fingerprint density at radius 1 is 1.16 bits per heavy atom. The van der Waals surface area contributed by atoms with E-state index in [1.54, 1.807) is 48.7 Å². The minimum absolute atomic E-state index is 0.126. The smallest absolute Gasteiger partial charge is 0.198 e. The minimum atomic E-state index is -0.559. The molecule has 3 rings (SSSR count). The van der Waals surface area contributed by atoms with Crippen molar-refractivity contribution in [1.29, 1.82) is 0 Å². The van der Waals surface area contributed by atoms with E-state index >= 15 is 0 Å². The molecule has 2 aromatic rings. The Morgan fingerprint density at radius 2 is 1.84 bits per heavy atom. The molecule has 0 bridgehead atoms. The molecule has 0 aliphatic carbocycles. The van der Waals surface area contributed by atoms with Crippen LogP contribution in [0.25, 0.3) is 0 Å². The number of ether oxygens (including phenoxy) is 1. The summed E-state index contributed by atoms with van der Waals surface area (Å²) in [5, 5.41) is 13.2. The second-order valence-electron chi connectivity index (χ2n) is 7.05. The predicted molar refractivity (Wildman–Crippen MR) is 98.2 cm³/mol. The number of fused-ring (bicyclic) bond motifs is 1. The summed E-state index contributed by atoms with van der Waals surface area (Å²) < 4.78 is 6.09. The zero-order chi connectivity index (χ0) is 18.2. The van der Waals surface area contributed by atoms with Gasteiger partial charge >= 0.3 is 0 Å². The van der Waals surface area contributed by atoms with Gasteiger partial charge in [0.1, 0.15) is 11.5 Å². The minimum Gasteiger partial charge on any atom is -0.508 e. The monoisotopic (exact) mass is 357 g/mol. The summed E-state index contributed by atoms with van der Waals surface area (Å²) in [4.78, 5) is 13.0. The standard InChI is InChI=1S/C20H20ClNO3/c1-20(2,3)22-11-16-18(24)15-10-13(21)6-9-17(15)25-19(16)12-4-7-14(23)8-5-12/h4-11,19,22-23H,1-3H3/b16-11+. The van der Waals surface area contributed by atoms with Crippen molar-refractivity contribution in [2.75, 3.05) is 0 Å². The van der Waals surface area contributed by atoms with E-state index in [-0.39, 0.29) is 17.1 Å². The maximum atomic E-state index is 13.0. The van der Waals surface area contributed by atoms with Gasteiger partial charge in [-0.2, -0.15) is 0 Å². The van der Waals surface area contributed by atoms with Gasteiger partial charge in [-0.1, -0.05) is 23.7 Å². The van der Waals surface area contributed by atoms with Gasteiger partial charge in [0.2, 0.25) is 0 Å². The summed E-state index contributed by atoms with van der Waals surface area (Å²) in [6.45, 7) is 6.04. The highest BCUT2D eigenvalue weighted by molar-refractivity contribution is 6.31. The number of hydrogen-bond donors (Lipinski definition) is 2. The quantitative estimate of drug-likeness (QED) is 0.769. The zero-order valence-corrected chi connectivity index (χ0v) is 15.1. The number of ketones is 1. The van der Waals surface area contributed by atoms with Crippen molar-refractivity contribution in [3.63, 3.8) is 0 Å². The fourth-order valence-electron chi connectivity index (χ4n) is 2.58. The number of nitrogens with one attached hydrogen (secondary N) is 1. The molecule has 1 heterocycles. The topological polar surface area (TPSA) is 58.6 Å². The first-order valence-electron chi connectivity index (χ1n) is 8.02. The maximum absolute atomic E-state index is 13.0. The Balaban J connectivity index is 2.08. The number of aromatic hydroxyl groups is 1. The van der Waals surface area contributed by atoms with Gasteiger partial charge < -0.3 is 15.2 Å². The second-order valence-corrected chi connectivity index (χ2v) is 7.49. The van der Waals surface area contributed by atoms with Gasteiger partial charge in [-0.15, -0.1) is 0 Å². The summed E-state index contributed by atoms with van der Waals surface area (Å²) >= 11 is 6.04. The van der Waals surface area contributed by atoms with Gasteiger partial charge in [-0.3, -0.25) is 4.79 Å². The summed E-state index contributed by atoms with van der Waals surface area (Å²) in [6.07, 6.45) is 1.15. The lowest BCUT2D eigenvalue weighted by atomic mass is 9.91. The Kier molecular flexibility index (Phi) is 4.48. The van der Waals surface area contributed by atoms with Crippen molar-refractivity contribution in [3.8, 4) is 11.5 Å². The third kappa shape index (κ3) is 3.80. The van der Waals surface area contributed by atoms with Crippen LogP contribution in [0.15, 0.2) is 54.2 Å². The van der Waals surface area contributed by atoms with E-state index in [0.717, 1.165) is 5.56 Å². The van der Waals surface area contributed by atoms with Crippen LogP contribution >= 0.6 is 11.6 Å². The fraction of sp³-hybridized carbons (Fsp3) is 0.250. The van der Waals surface area contributed by atoms with Crippen LogP contribution < -0.4 is 10.1 Å². The SMILES string of the molecule is CC(C)(C)N/C=C1\C(=O)c2cc(Cl)ccc2OC1c1ccc(O)cc1. The normalized spacial score (nSPS) is 18.6. The van der Waals surface area contributed by atoms with Crippen molar-refractivity contribution in [2.24, 2.45) is 0 Å². The van der Waals surface area contributed by atoms with Crippen molar-refractivity contribution in [2.45, 2.75) is 32.4 Å². The molecule has 0 aromatic heterocycles. The number of phenols is 1. The van der Waals surface area contributed by atoms with E-state index in [1.165, 1.54) is 0 Å². The molecule has 4 nitrogen and oxygen atoms in total. The van der Waals surface area contributed by atoms with Gasteiger partial charge in [-0.25, -0.2) is 0 Å². The molecule has 130 valence electrons. The summed E-state index contributed by atoms with van der Waals surface area (Å²) in [5.41, 5.74) is 1.54. The van der Waals surface area contributed by atoms with Crippen LogP contribution in [0.1, 0.15) is 42.8 Å². The predicted octanol–water partition coefficient (Wildman–Crippen LogP) is 4.63. The van der Waals surface area contributed by atoms with Crippen LogP contribution in [0.2, 0.25) is 5.02 Å². The number of Topliss-reactive ketones (excluding diaryl/α,β-unsaturated/α-hetero) is 1. The van der Waals surface area contributed by atoms with Crippen LogP contribution in [0.5, 0.6) is 11.5 Å². The largest absolute Gasteiger partial charge is 0.508 e. The molecule has 1 atom stereocenters. The van der Waals surface area contributed by atoms with Crippen molar-refractivity contribution < 1.29 is 14.6 Å². The molecule has 5 heteroatoms. The molecule has 0 saturated heterocycles. The van der Waals surface area contributed by atoms with Crippen LogP contribution in [0.4, 0.5) is 0 Å². The number of carbonyl (C=O) groups is 1. The molecule has 0 radical (unpaired) electrons. The highest BCUT2D eigenvalue weighted by Crippen LogP contribution is 2.39. The molecule has 0 amide bonds. The van der Waals surface area contributed by atoms with Crippen molar-refractivity contribution in [1.82, 2.24) is 5.32 Å². The third-order valence-electron chi connectivity index (χ3n) is 3.83. The number of halogens is 1. The van der Waals surface area contributed by atoms with E-state index in [9.17, 15) is 9.90 Å². The van der Waals surface area contributed by atoms with E-state index in [0.29, 0.717) is 21.9 Å². The molecule has 2 aromatic carbocycles. The van der Waals surface area contributed by atoms with E-state index in [1.807, 2.05) is 20.8 Å². The molecule has 25 heavy (non-hydrogen) atoms. The van der Waals surface area contributed by atoms with Crippen LogP contribution in [0.3, 0.4) is 0 Å². The highest BCUT2D eigenvalue weighted by Gasteiger charge is 2.33. The summed E-state index contributed by atoms with van der Waals surface area (Å²) in [6, 6.07) is 11.7. The molecule has 1 unspecified atom stereocenters. The zero-order valence-electron chi connectivity index (χ0n) is 14.3. The first kappa shape index (κ1) is 17.4. The van der Waals surface area contributed by atoms with Gasteiger partial charge in [0.15, 0.2) is 11.9 Å². The molecule has 2 N–H and O–H groups in total. The number of carbonyl (C=O) groups excluding carboxylic acids is 1. The lowest BCUT2D eigenvalue weighted by molar-refractivity contribution is 0.0959. The number of benzene rings is 2. The molecular formula is C20H20ClNO3. The number of hydrogen-bond acceptors (Lipinski definition) is 4. The Hall–Kier alpha value is -2.46. The molecule has 0 saturated carbocycles. The van der Waals surface area contributed by atoms with Crippen molar-refractivity contribution in [3.05, 3.63) is 70.4 Å². The fourth-order valence-corrected chi connectivity index (χ4v) is 2.75. The van der Waals surface area contributed by atoms with Crippen LogP contribution in [-0.4, -0.2) is 16.4 Å². The molecular weight excluding hydrogens is 338 g/mol. The summed E-state index contributed by atoms with van der Waals surface area (Å²) in [7, 11) is 0. The van der Waals surface area contributed by atoms with E-state index in [2.05, 4.69) is 5.32 Å². The van der Waals surface area contributed by atoms with Crippen LogP contribution in [-0.2, 0) is 0 Å². The number of phenolic OH excluding ortho intramolecular Hbond substituents is 1. The first-order valence-corrected chi connectivity index (χ1v) is 8.40. The summed E-state index contributed by atoms with van der Waals surface area (Å²) in [5.74, 6) is 0.537. The lowest BCUT2D eigenvalue weighted by Gasteiger charge is -2.29. The van der Waals surface area contributed by atoms with Gasteiger partial charge in [0, 0.05) is 16.8 Å². The third-order valence-corrected chi connectivity index (χ3v) is 4.07. The van der Waals surface area contributed by atoms with Gasteiger partial charge in [-0.05, 0) is 56.7 Å². The average Bonchev–Trinajstić information content (AvgIpc) is 2.54. The lowest BCUT2D eigenvalue weighted by Crippen LogP contribution is -2.34. The molecule has 0 spiro atoms. The molecule has 1 aliphatic heterocycles. The first-order chi connectivity index (χ1) is 11.7. The van der Waals surface area contributed by atoms with Gasteiger partial charge in [0.25, 0.3) is 0 Å². The Morgan fingerprint density at radius 3 is 2.48 bits per heavy atom. The number of rotatable bonds is 2. The van der Waals surface area contributed by atoms with Crippen LogP contribution in [0, 0.1) is 0 Å². The molecule has 1 aliphatic rings. The Bertz CT molecular complexity index is 835. The van der Waals surface area contributed by atoms with E-state index in [4.69, 9.17) is 16.3 Å². The van der Waals surface area contributed by atoms with Gasteiger partial charge in [0.05, 0.1) is 11.1 Å². The average molecular weight is 358 g/mol. The van der Waals surface area contributed by atoms with E-state index < -0.39 is 6.10 Å². The molecule has 0 fully saturated rings. The van der Waals surface area contributed by atoms with Crippen molar-refractivity contribution >= 4 is 17.4 Å².